The lowest BCUT2D eigenvalue weighted by atomic mass is 9.93. The number of rotatable bonds is 5. The Kier molecular flexibility index (Phi) is 6.45. The predicted octanol–water partition coefficient (Wildman–Crippen LogP) is 2.64. The van der Waals surface area contributed by atoms with Gasteiger partial charge in [0.2, 0.25) is 21.8 Å². The number of aryl methyl sites for hydroxylation is 2. The Labute approximate surface area is 188 Å². The summed E-state index contributed by atoms with van der Waals surface area (Å²) in [6, 6.07) is 12.7. The lowest BCUT2D eigenvalue weighted by molar-refractivity contribution is -0.133. The second-order valence-corrected chi connectivity index (χ2v) is 10.6. The molecule has 31 heavy (non-hydrogen) atoms. The van der Waals surface area contributed by atoms with Gasteiger partial charge in [0.1, 0.15) is 5.54 Å². The number of piperazine rings is 1. The Hall–Kier alpha value is -2.42. The van der Waals surface area contributed by atoms with E-state index >= 15 is 0 Å². The number of anilines is 1. The predicted molar refractivity (Wildman–Crippen MR) is 122 cm³/mol. The van der Waals surface area contributed by atoms with E-state index in [4.69, 9.17) is 11.6 Å². The first-order valence-corrected chi connectivity index (χ1v) is 12.0. The van der Waals surface area contributed by atoms with Crippen LogP contribution in [0.5, 0.6) is 0 Å². The monoisotopic (exact) mass is 463 g/mol. The molecule has 2 aromatic rings. The molecule has 1 unspecified atom stereocenters. The first-order valence-electron chi connectivity index (χ1n) is 9.80. The number of hydrogen-bond donors (Lipinski definition) is 1. The molecule has 1 aliphatic heterocycles. The van der Waals surface area contributed by atoms with Crippen molar-refractivity contribution in [3.63, 3.8) is 0 Å². The highest BCUT2D eigenvalue weighted by Gasteiger charge is 2.50. The molecular formula is C22H26ClN3O4S. The van der Waals surface area contributed by atoms with Crippen molar-refractivity contribution in [1.82, 2.24) is 9.62 Å². The number of hydrogen-bond acceptors (Lipinski definition) is 4. The van der Waals surface area contributed by atoms with Gasteiger partial charge in [-0.1, -0.05) is 35.9 Å². The van der Waals surface area contributed by atoms with E-state index in [1.165, 1.54) is 4.90 Å². The smallest absolute Gasteiger partial charge is 0.247 e. The molecule has 1 saturated heterocycles. The number of nitrogens with one attached hydrogen (secondary N) is 1. The fraction of sp³-hybridized carbons (Fsp3) is 0.364. The van der Waals surface area contributed by atoms with Crippen LogP contribution in [0.15, 0.2) is 42.5 Å². The molecule has 0 aliphatic carbocycles. The van der Waals surface area contributed by atoms with Gasteiger partial charge < -0.3 is 5.32 Å². The second kappa shape index (κ2) is 8.61. The maximum Gasteiger partial charge on any atom is 0.247 e. The van der Waals surface area contributed by atoms with Crippen LogP contribution in [0, 0.1) is 13.8 Å². The molecule has 0 spiro atoms. The van der Waals surface area contributed by atoms with E-state index in [1.54, 1.807) is 31.2 Å². The average Bonchev–Trinajstić information content (AvgIpc) is 2.68. The van der Waals surface area contributed by atoms with Crippen molar-refractivity contribution in [1.29, 1.82) is 0 Å². The summed E-state index contributed by atoms with van der Waals surface area (Å²) >= 11 is 5.91. The van der Waals surface area contributed by atoms with Crippen LogP contribution in [0.3, 0.4) is 0 Å². The highest BCUT2D eigenvalue weighted by molar-refractivity contribution is 7.88. The van der Waals surface area contributed by atoms with Crippen LogP contribution in [-0.4, -0.2) is 49.4 Å². The zero-order valence-corrected chi connectivity index (χ0v) is 19.5. The summed E-state index contributed by atoms with van der Waals surface area (Å²) in [4.78, 5) is 28.0. The van der Waals surface area contributed by atoms with Crippen molar-refractivity contribution in [3.8, 4) is 0 Å². The minimum absolute atomic E-state index is 0.141. The van der Waals surface area contributed by atoms with Gasteiger partial charge in [-0.2, -0.15) is 4.31 Å². The topological polar surface area (TPSA) is 86.8 Å². The molecule has 0 saturated carbocycles. The number of carbonyl (C=O) groups excluding carboxylic acids is 2. The molecule has 166 valence electrons. The molecule has 1 aliphatic rings. The molecule has 0 bridgehead atoms. The minimum atomic E-state index is -3.67. The van der Waals surface area contributed by atoms with Gasteiger partial charge >= 0.3 is 0 Å². The molecule has 9 heteroatoms. The summed E-state index contributed by atoms with van der Waals surface area (Å²) in [6.45, 7) is 5.12. The number of amides is 2. The van der Waals surface area contributed by atoms with Gasteiger partial charge in [0.25, 0.3) is 0 Å². The third kappa shape index (κ3) is 4.92. The summed E-state index contributed by atoms with van der Waals surface area (Å²) in [5, 5.41) is 3.45. The van der Waals surface area contributed by atoms with Crippen molar-refractivity contribution in [2.75, 3.05) is 24.2 Å². The lowest BCUT2D eigenvalue weighted by Gasteiger charge is -2.47. The number of sulfonamides is 1. The van der Waals surface area contributed by atoms with Gasteiger partial charge in [0, 0.05) is 23.8 Å². The maximum atomic E-state index is 13.4. The molecule has 1 atom stereocenters. The molecule has 1 fully saturated rings. The van der Waals surface area contributed by atoms with Crippen LogP contribution in [-0.2, 0) is 26.2 Å². The van der Waals surface area contributed by atoms with E-state index in [9.17, 15) is 18.0 Å². The van der Waals surface area contributed by atoms with Gasteiger partial charge in [-0.3, -0.25) is 14.5 Å². The number of benzene rings is 2. The van der Waals surface area contributed by atoms with E-state index in [-0.39, 0.29) is 19.6 Å². The zero-order chi connectivity index (χ0) is 23.0. The van der Waals surface area contributed by atoms with Crippen molar-refractivity contribution >= 4 is 39.1 Å². The molecule has 0 radical (unpaired) electrons. The zero-order valence-electron chi connectivity index (χ0n) is 18.0. The van der Waals surface area contributed by atoms with Crippen LogP contribution < -0.4 is 10.2 Å². The van der Waals surface area contributed by atoms with Gasteiger partial charge in [0.15, 0.2) is 0 Å². The summed E-state index contributed by atoms with van der Waals surface area (Å²) in [7, 11) is -3.67. The SMILES string of the molecule is Cc1ccc(C)c(N2C(=O)CN(S(C)(=O)=O)CC2(C)C(=O)NCc2ccc(Cl)cc2)c1. The Morgan fingerprint density at radius 2 is 1.81 bits per heavy atom. The maximum absolute atomic E-state index is 13.4. The summed E-state index contributed by atoms with van der Waals surface area (Å²) in [6.07, 6.45) is 1.04. The summed E-state index contributed by atoms with van der Waals surface area (Å²) in [5.74, 6) is -0.889. The van der Waals surface area contributed by atoms with Crippen LogP contribution in [0.25, 0.3) is 0 Å². The molecule has 1 heterocycles. The van der Waals surface area contributed by atoms with Gasteiger partial charge in [-0.25, -0.2) is 8.42 Å². The second-order valence-electron chi connectivity index (χ2n) is 8.13. The van der Waals surface area contributed by atoms with Crippen molar-refractivity contribution in [3.05, 3.63) is 64.2 Å². The quantitative estimate of drug-likeness (QED) is 0.738. The van der Waals surface area contributed by atoms with E-state index < -0.39 is 27.4 Å². The highest BCUT2D eigenvalue weighted by atomic mass is 35.5. The molecule has 3 rings (SSSR count). The fourth-order valence-corrected chi connectivity index (χ4v) is 4.67. The molecule has 2 aromatic carbocycles. The van der Waals surface area contributed by atoms with Crippen molar-refractivity contribution in [2.24, 2.45) is 0 Å². The number of carbonyl (C=O) groups is 2. The Bertz CT molecular complexity index is 1120. The van der Waals surface area contributed by atoms with E-state index in [0.717, 1.165) is 27.3 Å². The molecule has 0 aromatic heterocycles. The minimum Gasteiger partial charge on any atom is -0.350 e. The Morgan fingerprint density at radius 3 is 2.42 bits per heavy atom. The van der Waals surface area contributed by atoms with Gasteiger partial charge in [-0.05, 0) is 55.7 Å². The number of halogens is 1. The Morgan fingerprint density at radius 1 is 1.16 bits per heavy atom. The van der Waals surface area contributed by atoms with E-state index in [2.05, 4.69) is 5.32 Å². The van der Waals surface area contributed by atoms with Crippen LogP contribution in [0.2, 0.25) is 5.02 Å². The third-order valence-electron chi connectivity index (χ3n) is 5.47. The van der Waals surface area contributed by atoms with Crippen LogP contribution in [0.4, 0.5) is 5.69 Å². The van der Waals surface area contributed by atoms with Gasteiger partial charge in [-0.15, -0.1) is 0 Å². The molecule has 1 N–H and O–H groups in total. The normalized spacial score (nSPS) is 20.0. The average molecular weight is 464 g/mol. The third-order valence-corrected chi connectivity index (χ3v) is 6.92. The van der Waals surface area contributed by atoms with Crippen molar-refractivity contribution in [2.45, 2.75) is 32.9 Å². The standard InChI is InChI=1S/C22H26ClN3O4S/c1-15-5-6-16(2)19(11-15)26-20(27)13-25(31(4,29)30)14-22(26,3)21(28)24-12-17-7-9-18(23)10-8-17/h5-11H,12-14H2,1-4H3,(H,24,28). The molecule has 2 amide bonds. The lowest BCUT2D eigenvalue weighted by Crippen LogP contribution is -2.70. The van der Waals surface area contributed by atoms with E-state index in [1.807, 2.05) is 32.0 Å². The van der Waals surface area contributed by atoms with Gasteiger partial charge in [0.05, 0.1) is 12.8 Å². The first-order chi connectivity index (χ1) is 14.4. The summed E-state index contributed by atoms with van der Waals surface area (Å²) < 4.78 is 25.5. The van der Waals surface area contributed by atoms with E-state index in [0.29, 0.717) is 10.7 Å². The molecular weight excluding hydrogens is 438 g/mol. The fourth-order valence-electron chi connectivity index (χ4n) is 3.71. The highest BCUT2D eigenvalue weighted by Crippen LogP contribution is 2.33. The Balaban J connectivity index is 1.99. The summed E-state index contributed by atoms with van der Waals surface area (Å²) in [5.41, 5.74) is 1.76. The number of nitrogens with zero attached hydrogens (tertiary/aromatic N) is 2. The van der Waals surface area contributed by atoms with Crippen molar-refractivity contribution < 1.29 is 18.0 Å². The van der Waals surface area contributed by atoms with Crippen LogP contribution >= 0.6 is 11.6 Å². The first kappa shape index (κ1) is 23.2. The van der Waals surface area contributed by atoms with Crippen LogP contribution in [0.1, 0.15) is 23.6 Å². The largest absolute Gasteiger partial charge is 0.350 e. The molecule has 7 nitrogen and oxygen atoms in total.